The van der Waals surface area contributed by atoms with Gasteiger partial charge in [0, 0.05) is 19.0 Å². The molecule has 1 heterocycles. The van der Waals surface area contributed by atoms with E-state index in [-0.39, 0.29) is 18.7 Å². The van der Waals surface area contributed by atoms with Crippen LogP contribution in [0.5, 0.6) is 0 Å². The summed E-state index contributed by atoms with van der Waals surface area (Å²) in [5.74, 6) is -2.83. The zero-order valence-corrected chi connectivity index (χ0v) is 7.67. The SMILES string of the molecule is O=C1CCN(c2ccc(F)cc2F)C1=O. The highest BCUT2D eigenvalue weighted by Gasteiger charge is 2.31. The van der Waals surface area contributed by atoms with Crippen LogP contribution in [0.1, 0.15) is 6.42 Å². The van der Waals surface area contributed by atoms with Crippen molar-refractivity contribution in [2.75, 3.05) is 11.4 Å². The Balaban J connectivity index is 2.38. The lowest BCUT2D eigenvalue weighted by Crippen LogP contribution is -2.27. The molecule has 0 spiro atoms. The minimum absolute atomic E-state index is 0.0488. The average molecular weight is 211 g/mol. The summed E-state index contributed by atoms with van der Waals surface area (Å²) in [5, 5.41) is 0. The summed E-state index contributed by atoms with van der Waals surface area (Å²) in [6, 6.07) is 2.89. The van der Waals surface area contributed by atoms with Crippen LogP contribution in [0.25, 0.3) is 0 Å². The van der Waals surface area contributed by atoms with Gasteiger partial charge < -0.3 is 4.90 Å². The molecule has 0 unspecified atom stereocenters. The zero-order chi connectivity index (χ0) is 11.0. The highest BCUT2D eigenvalue weighted by Crippen LogP contribution is 2.23. The Labute approximate surface area is 84.3 Å². The molecule has 1 fully saturated rings. The third kappa shape index (κ3) is 1.60. The molecule has 1 aromatic carbocycles. The van der Waals surface area contributed by atoms with Crippen LogP contribution < -0.4 is 4.90 Å². The predicted molar refractivity (Wildman–Crippen MR) is 48.3 cm³/mol. The first-order valence-corrected chi connectivity index (χ1v) is 4.39. The van der Waals surface area contributed by atoms with Gasteiger partial charge in [0.05, 0.1) is 5.69 Å². The van der Waals surface area contributed by atoms with Gasteiger partial charge in [-0.3, -0.25) is 9.59 Å². The summed E-state index contributed by atoms with van der Waals surface area (Å²) < 4.78 is 25.9. The van der Waals surface area contributed by atoms with Crippen molar-refractivity contribution in [2.45, 2.75) is 6.42 Å². The fourth-order valence-corrected chi connectivity index (χ4v) is 1.50. The normalized spacial score (nSPS) is 16.3. The number of hydrogen-bond donors (Lipinski definition) is 0. The number of hydrogen-bond acceptors (Lipinski definition) is 2. The molecule has 1 aliphatic heterocycles. The number of benzene rings is 1. The minimum Gasteiger partial charge on any atom is -0.303 e. The van der Waals surface area contributed by atoms with Gasteiger partial charge in [-0.15, -0.1) is 0 Å². The monoisotopic (exact) mass is 211 g/mol. The zero-order valence-electron chi connectivity index (χ0n) is 7.67. The molecule has 0 bridgehead atoms. The third-order valence-electron chi connectivity index (χ3n) is 2.25. The molecule has 1 aliphatic rings. The van der Waals surface area contributed by atoms with Gasteiger partial charge in [-0.25, -0.2) is 8.78 Å². The highest BCUT2D eigenvalue weighted by atomic mass is 19.1. The second-order valence-corrected chi connectivity index (χ2v) is 3.23. The Morgan fingerprint density at radius 3 is 2.47 bits per heavy atom. The molecule has 0 aliphatic carbocycles. The first-order valence-electron chi connectivity index (χ1n) is 4.39. The molecule has 0 radical (unpaired) electrons. The van der Waals surface area contributed by atoms with Crippen LogP contribution in [0.3, 0.4) is 0 Å². The molecule has 1 saturated heterocycles. The van der Waals surface area contributed by atoms with Gasteiger partial charge in [0.25, 0.3) is 5.91 Å². The molecule has 0 aromatic heterocycles. The number of amides is 1. The van der Waals surface area contributed by atoms with Crippen molar-refractivity contribution >= 4 is 17.4 Å². The van der Waals surface area contributed by atoms with Crippen molar-refractivity contribution in [3.63, 3.8) is 0 Å². The second kappa shape index (κ2) is 3.42. The molecule has 15 heavy (non-hydrogen) atoms. The lowest BCUT2D eigenvalue weighted by atomic mass is 10.2. The predicted octanol–water partition coefficient (Wildman–Crippen LogP) is 1.27. The number of anilines is 1. The fourth-order valence-electron chi connectivity index (χ4n) is 1.50. The van der Waals surface area contributed by atoms with Crippen molar-refractivity contribution in [1.29, 1.82) is 0 Å². The van der Waals surface area contributed by atoms with Crippen LogP contribution in [0.2, 0.25) is 0 Å². The molecule has 0 N–H and O–H groups in total. The van der Waals surface area contributed by atoms with Gasteiger partial charge in [0.1, 0.15) is 11.6 Å². The number of carbonyl (C=O) groups is 2. The van der Waals surface area contributed by atoms with E-state index in [9.17, 15) is 18.4 Å². The smallest absolute Gasteiger partial charge is 0.294 e. The summed E-state index contributed by atoms with van der Waals surface area (Å²) in [6.45, 7) is 0.153. The van der Waals surface area contributed by atoms with Gasteiger partial charge in [0.15, 0.2) is 0 Å². The number of halogens is 2. The van der Waals surface area contributed by atoms with Gasteiger partial charge in [-0.2, -0.15) is 0 Å². The minimum atomic E-state index is -0.835. The Kier molecular flexibility index (Phi) is 2.22. The molecular weight excluding hydrogens is 204 g/mol. The van der Waals surface area contributed by atoms with Crippen LogP contribution in [0.4, 0.5) is 14.5 Å². The Hall–Kier alpha value is -1.78. The molecular formula is C10H7F2NO2. The second-order valence-electron chi connectivity index (χ2n) is 3.23. The van der Waals surface area contributed by atoms with Crippen molar-refractivity contribution in [2.24, 2.45) is 0 Å². The fraction of sp³-hybridized carbons (Fsp3) is 0.200. The number of carbonyl (C=O) groups excluding carboxylic acids is 2. The molecule has 1 amide bonds. The van der Waals surface area contributed by atoms with E-state index < -0.39 is 23.3 Å². The maximum atomic E-state index is 13.3. The Morgan fingerprint density at radius 2 is 1.93 bits per heavy atom. The topological polar surface area (TPSA) is 37.4 Å². The number of nitrogens with zero attached hydrogens (tertiary/aromatic N) is 1. The van der Waals surface area contributed by atoms with Crippen molar-refractivity contribution in [3.05, 3.63) is 29.8 Å². The van der Waals surface area contributed by atoms with Crippen molar-refractivity contribution in [1.82, 2.24) is 0 Å². The van der Waals surface area contributed by atoms with E-state index in [1.165, 1.54) is 0 Å². The van der Waals surface area contributed by atoms with Crippen LogP contribution in [-0.4, -0.2) is 18.2 Å². The van der Waals surface area contributed by atoms with Gasteiger partial charge >= 0.3 is 0 Å². The van der Waals surface area contributed by atoms with E-state index in [4.69, 9.17) is 0 Å². The van der Waals surface area contributed by atoms with E-state index >= 15 is 0 Å². The Morgan fingerprint density at radius 1 is 1.20 bits per heavy atom. The quantitative estimate of drug-likeness (QED) is 0.656. The van der Waals surface area contributed by atoms with Gasteiger partial charge in [-0.05, 0) is 12.1 Å². The average Bonchev–Trinajstić information content (AvgIpc) is 2.49. The van der Waals surface area contributed by atoms with Crippen LogP contribution in [0.15, 0.2) is 18.2 Å². The highest BCUT2D eigenvalue weighted by molar-refractivity contribution is 6.43. The summed E-state index contributed by atoms with van der Waals surface area (Å²) in [4.78, 5) is 23.2. The Bertz CT molecular complexity index is 445. The lowest BCUT2D eigenvalue weighted by Gasteiger charge is -2.14. The van der Waals surface area contributed by atoms with E-state index in [0.29, 0.717) is 6.07 Å². The number of ketones is 1. The maximum absolute atomic E-state index is 13.3. The van der Waals surface area contributed by atoms with Crippen molar-refractivity contribution < 1.29 is 18.4 Å². The largest absolute Gasteiger partial charge is 0.303 e. The van der Waals surface area contributed by atoms with Gasteiger partial charge in [0.2, 0.25) is 5.78 Å². The van der Waals surface area contributed by atoms with Gasteiger partial charge in [-0.1, -0.05) is 0 Å². The molecule has 78 valence electrons. The van der Waals surface area contributed by atoms with Crippen LogP contribution >= 0.6 is 0 Å². The summed E-state index contributed by atoms with van der Waals surface area (Å²) in [7, 11) is 0. The maximum Gasteiger partial charge on any atom is 0.294 e. The molecule has 5 heteroatoms. The number of Topliss-reactive ketones (excluding diaryl/α,β-unsaturated/α-hetero) is 1. The third-order valence-corrected chi connectivity index (χ3v) is 2.25. The summed E-state index contributed by atoms with van der Waals surface area (Å²) in [5.41, 5.74) is -0.0488. The molecule has 2 rings (SSSR count). The molecule has 0 saturated carbocycles. The van der Waals surface area contributed by atoms with E-state index in [2.05, 4.69) is 0 Å². The lowest BCUT2D eigenvalue weighted by molar-refractivity contribution is -0.133. The first kappa shape index (κ1) is 9.76. The van der Waals surface area contributed by atoms with Crippen LogP contribution in [0, 0.1) is 11.6 Å². The van der Waals surface area contributed by atoms with Crippen molar-refractivity contribution in [3.8, 4) is 0 Å². The van der Waals surface area contributed by atoms with E-state index in [1.807, 2.05) is 0 Å². The van der Waals surface area contributed by atoms with E-state index in [1.54, 1.807) is 0 Å². The molecule has 0 atom stereocenters. The number of rotatable bonds is 1. The molecule has 1 aromatic rings. The standard InChI is InChI=1S/C10H7F2NO2/c11-6-1-2-8(7(12)5-6)13-4-3-9(14)10(13)15/h1-2,5H,3-4H2. The first-order chi connectivity index (χ1) is 7.09. The molecule has 3 nitrogen and oxygen atoms in total. The summed E-state index contributed by atoms with van der Waals surface area (Å²) in [6.07, 6.45) is 0.0790. The summed E-state index contributed by atoms with van der Waals surface area (Å²) >= 11 is 0. The van der Waals surface area contributed by atoms with E-state index in [0.717, 1.165) is 17.0 Å². The van der Waals surface area contributed by atoms with Crippen LogP contribution in [-0.2, 0) is 9.59 Å².